The molecule has 102 valence electrons. The maximum atomic E-state index is 9.87. The van der Waals surface area contributed by atoms with Gasteiger partial charge in [0.05, 0.1) is 23.6 Å². The number of aliphatic hydroxyl groups excluding tert-OH is 1. The normalized spacial score (nSPS) is 22.8. The number of nitrogens with two attached hydrogens (primary N) is 1. The first kappa shape index (κ1) is 13.6. The van der Waals surface area contributed by atoms with E-state index in [0.717, 1.165) is 6.54 Å². The van der Waals surface area contributed by atoms with Gasteiger partial charge in [-0.3, -0.25) is 0 Å². The number of anilines is 2. The van der Waals surface area contributed by atoms with E-state index < -0.39 is 0 Å². The summed E-state index contributed by atoms with van der Waals surface area (Å²) in [7, 11) is 3.98. The van der Waals surface area contributed by atoms with Crippen LogP contribution in [0.2, 0.25) is 0 Å². The van der Waals surface area contributed by atoms with Crippen molar-refractivity contribution in [1.82, 2.24) is 9.88 Å². The molecule has 1 fully saturated rings. The van der Waals surface area contributed by atoms with E-state index in [4.69, 9.17) is 5.73 Å². The second-order valence-electron chi connectivity index (χ2n) is 5.21. The maximum absolute atomic E-state index is 9.87. The Hall–Kier alpha value is -1.84. The van der Waals surface area contributed by atoms with Crippen molar-refractivity contribution in [3.63, 3.8) is 0 Å². The van der Waals surface area contributed by atoms with Crippen LogP contribution < -0.4 is 10.6 Å². The largest absolute Gasteiger partial charge is 0.397 e. The van der Waals surface area contributed by atoms with Crippen molar-refractivity contribution in [2.45, 2.75) is 18.6 Å². The van der Waals surface area contributed by atoms with Crippen LogP contribution in [-0.2, 0) is 0 Å². The van der Waals surface area contributed by atoms with Gasteiger partial charge in [-0.15, -0.1) is 0 Å². The number of hydrogen-bond acceptors (Lipinski definition) is 6. The van der Waals surface area contributed by atoms with Gasteiger partial charge < -0.3 is 20.6 Å². The molecule has 3 N–H and O–H groups in total. The van der Waals surface area contributed by atoms with Crippen LogP contribution in [0.1, 0.15) is 12.0 Å². The number of rotatable bonds is 3. The topological polar surface area (TPSA) is 89.4 Å². The molecule has 1 aromatic rings. The molecular formula is C13H19N5O. The smallest absolute Gasteiger partial charge is 0.147 e. The Bertz CT molecular complexity index is 496. The maximum Gasteiger partial charge on any atom is 0.147 e. The third-order valence-electron chi connectivity index (χ3n) is 3.25. The monoisotopic (exact) mass is 261 g/mol. The minimum atomic E-state index is -0.379. The highest BCUT2D eigenvalue weighted by molar-refractivity contribution is 5.60. The first-order valence-corrected chi connectivity index (χ1v) is 6.26. The van der Waals surface area contributed by atoms with Crippen LogP contribution in [-0.4, -0.2) is 54.3 Å². The molecular weight excluding hydrogens is 242 g/mol. The van der Waals surface area contributed by atoms with Crippen LogP contribution in [0, 0.1) is 11.3 Å². The summed E-state index contributed by atoms with van der Waals surface area (Å²) in [5.41, 5.74) is 6.59. The van der Waals surface area contributed by atoms with E-state index in [2.05, 4.69) is 16.0 Å². The van der Waals surface area contributed by atoms with Crippen molar-refractivity contribution in [2.24, 2.45) is 0 Å². The van der Waals surface area contributed by atoms with Crippen molar-refractivity contribution in [3.05, 3.63) is 17.8 Å². The van der Waals surface area contributed by atoms with Crippen LogP contribution >= 0.6 is 0 Å². The fourth-order valence-electron chi connectivity index (χ4n) is 2.53. The molecule has 0 saturated carbocycles. The van der Waals surface area contributed by atoms with Gasteiger partial charge in [-0.1, -0.05) is 0 Å². The third kappa shape index (κ3) is 2.95. The number of nitriles is 1. The molecule has 0 aliphatic carbocycles. The van der Waals surface area contributed by atoms with Gasteiger partial charge in [0.25, 0.3) is 0 Å². The highest BCUT2D eigenvalue weighted by Crippen LogP contribution is 2.28. The minimum Gasteiger partial charge on any atom is -0.397 e. The lowest BCUT2D eigenvalue weighted by Gasteiger charge is -2.28. The van der Waals surface area contributed by atoms with Gasteiger partial charge in [-0.2, -0.15) is 5.26 Å². The summed E-state index contributed by atoms with van der Waals surface area (Å²) in [5, 5.41) is 19.1. The molecule has 6 nitrogen and oxygen atoms in total. The van der Waals surface area contributed by atoms with Crippen LogP contribution in [0.3, 0.4) is 0 Å². The number of β-amino-alcohol motifs (C(OH)–C–C–N with tert-alkyl or cyclic N) is 1. The molecule has 19 heavy (non-hydrogen) atoms. The van der Waals surface area contributed by atoms with Gasteiger partial charge in [0, 0.05) is 19.1 Å². The molecule has 2 heterocycles. The zero-order valence-corrected chi connectivity index (χ0v) is 11.2. The van der Waals surface area contributed by atoms with E-state index in [1.807, 2.05) is 19.0 Å². The van der Waals surface area contributed by atoms with Gasteiger partial charge in [0.2, 0.25) is 0 Å². The Morgan fingerprint density at radius 2 is 2.37 bits per heavy atom. The predicted molar refractivity (Wildman–Crippen MR) is 73.7 cm³/mol. The van der Waals surface area contributed by atoms with E-state index in [9.17, 15) is 10.4 Å². The fourth-order valence-corrected chi connectivity index (χ4v) is 2.53. The minimum absolute atomic E-state index is 0.160. The lowest BCUT2D eigenvalue weighted by molar-refractivity contribution is 0.191. The fraction of sp³-hybridized carbons (Fsp3) is 0.538. The number of aliphatic hydroxyl groups is 1. The molecule has 6 heteroatoms. The Labute approximate surface area is 113 Å². The molecule has 1 aliphatic heterocycles. The summed E-state index contributed by atoms with van der Waals surface area (Å²) in [5.74, 6) is 0.611. The summed E-state index contributed by atoms with van der Waals surface area (Å²) in [6, 6.07) is 3.91. The van der Waals surface area contributed by atoms with E-state index in [1.54, 1.807) is 12.3 Å². The van der Waals surface area contributed by atoms with Crippen molar-refractivity contribution < 1.29 is 5.11 Å². The molecule has 1 aliphatic rings. The molecule has 1 aromatic heterocycles. The second-order valence-corrected chi connectivity index (χ2v) is 5.21. The van der Waals surface area contributed by atoms with Gasteiger partial charge in [0.15, 0.2) is 0 Å². The lowest BCUT2D eigenvalue weighted by atomic mass is 10.2. The quantitative estimate of drug-likeness (QED) is 0.798. The number of pyridine rings is 1. The number of nitrogens with zero attached hydrogens (tertiary/aromatic N) is 4. The Morgan fingerprint density at radius 3 is 3.00 bits per heavy atom. The summed E-state index contributed by atoms with van der Waals surface area (Å²) < 4.78 is 0. The van der Waals surface area contributed by atoms with Gasteiger partial charge in [-0.05, 0) is 26.6 Å². The van der Waals surface area contributed by atoms with Crippen molar-refractivity contribution in [1.29, 1.82) is 5.26 Å². The van der Waals surface area contributed by atoms with Crippen LogP contribution in [0.4, 0.5) is 11.5 Å². The first-order chi connectivity index (χ1) is 9.01. The van der Waals surface area contributed by atoms with E-state index >= 15 is 0 Å². The predicted octanol–water partition coefficient (Wildman–Crippen LogP) is 0.0367. The molecule has 2 rings (SSSR count). The molecule has 1 saturated heterocycles. The average molecular weight is 261 g/mol. The van der Waals surface area contributed by atoms with E-state index in [0.29, 0.717) is 30.0 Å². The molecule has 0 aromatic carbocycles. The Kier molecular flexibility index (Phi) is 3.88. The molecule has 2 atom stereocenters. The Balaban J connectivity index is 2.31. The first-order valence-electron chi connectivity index (χ1n) is 6.26. The van der Waals surface area contributed by atoms with Crippen molar-refractivity contribution in [2.75, 3.05) is 37.8 Å². The summed E-state index contributed by atoms with van der Waals surface area (Å²) in [6.45, 7) is 1.32. The average Bonchev–Trinajstić information content (AvgIpc) is 2.69. The number of hydrogen-bond donors (Lipinski definition) is 2. The molecule has 2 unspecified atom stereocenters. The third-order valence-corrected chi connectivity index (χ3v) is 3.25. The molecule has 0 bridgehead atoms. The van der Waals surface area contributed by atoms with E-state index in [-0.39, 0.29) is 12.1 Å². The highest BCUT2D eigenvalue weighted by Gasteiger charge is 2.33. The number of aromatic nitrogens is 1. The van der Waals surface area contributed by atoms with Crippen molar-refractivity contribution in [3.8, 4) is 6.07 Å². The van der Waals surface area contributed by atoms with Gasteiger partial charge in [-0.25, -0.2) is 4.98 Å². The molecule has 0 amide bonds. The Morgan fingerprint density at radius 1 is 1.63 bits per heavy atom. The second kappa shape index (κ2) is 5.43. The highest BCUT2D eigenvalue weighted by atomic mass is 16.3. The molecule has 0 radical (unpaired) electrons. The lowest BCUT2D eigenvalue weighted by Crippen LogP contribution is -2.38. The molecule has 0 spiro atoms. The zero-order chi connectivity index (χ0) is 14.0. The van der Waals surface area contributed by atoms with Crippen molar-refractivity contribution >= 4 is 11.5 Å². The summed E-state index contributed by atoms with van der Waals surface area (Å²) in [4.78, 5) is 8.34. The zero-order valence-electron chi connectivity index (χ0n) is 11.2. The van der Waals surface area contributed by atoms with Crippen LogP contribution in [0.25, 0.3) is 0 Å². The summed E-state index contributed by atoms with van der Waals surface area (Å²) >= 11 is 0. The standard InChI is InChI=1S/C13H19N5O/c1-17(2)7-11-4-12(19)8-18(11)13-9(5-14)3-10(15)6-16-13/h3,6,11-12,19H,4,7-8,15H2,1-2H3. The van der Waals surface area contributed by atoms with Crippen LogP contribution in [0.5, 0.6) is 0 Å². The van der Waals surface area contributed by atoms with Gasteiger partial charge in [0.1, 0.15) is 11.9 Å². The van der Waals surface area contributed by atoms with E-state index in [1.165, 1.54) is 0 Å². The SMILES string of the molecule is CN(C)CC1CC(O)CN1c1ncc(N)cc1C#N. The number of likely N-dealkylation sites (N-methyl/N-ethyl adjacent to an activating group) is 1. The van der Waals surface area contributed by atoms with Gasteiger partial charge >= 0.3 is 0 Å². The summed E-state index contributed by atoms with van der Waals surface area (Å²) in [6.07, 6.45) is 1.86. The van der Waals surface area contributed by atoms with Crippen LogP contribution in [0.15, 0.2) is 12.3 Å². The number of nitrogen functional groups attached to an aromatic ring is 1.